The zero-order valence-corrected chi connectivity index (χ0v) is 9.05. The molecule has 0 aliphatic rings. The molecule has 0 atom stereocenters. The van der Waals surface area contributed by atoms with Crippen molar-refractivity contribution in [3.8, 4) is 0 Å². The fourth-order valence-electron chi connectivity index (χ4n) is 0.986. The van der Waals surface area contributed by atoms with Crippen LogP contribution in [0.15, 0.2) is 24.3 Å². The number of allylic oxidation sites excluding steroid dienone is 2. The van der Waals surface area contributed by atoms with Crippen LogP contribution < -0.4 is 5.32 Å². The van der Waals surface area contributed by atoms with Gasteiger partial charge in [0, 0.05) is 13.1 Å². The van der Waals surface area contributed by atoms with E-state index in [1.807, 2.05) is 0 Å². The van der Waals surface area contributed by atoms with Gasteiger partial charge in [-0.05, 0) is 12.8 Å². The molecule has 0 unspecified atom stereocenters. The van der Waals surface area contributed by atoms with Crippen molar-refractivity contribution in [1.29, 1.82) is 0 Å². The highest BCUT2D eigenvalue weighted by Gasteiger charge is 1.78. The average molecular weight is 181 g/mol. The van der Waals surface area contributed by atoms with Gasteiger partial charge in [-0.15, -0.1) is 0 Å². The van der Waals surface area contributed by atoms with E-state index in [2.05, 4.69) is 43.5 Å². The summed E-state index contributed by atoms with van der Waals surface area (Å²) in [4.78, 5) is 0. The van der Waals surface area contributed by atoms with Crippen LogP contribution in [0.3, 0.4) is 0 Å². The van der Waals surface area contributed by atoms with Gasteiger partial charge < -0.3 is 5.32 Å². The minimum Gasteiger partial charge on any atom is -0.310 e. The normalized spacial score (nSPS) is 11.8. The van der Waals surface area contributed by atoms with Gasteiger partial charge in [0.05, 0.1) is 0 Å². The van der Waals surface area contributed by atoms with Gasteiger partial charge in [-0.2, -0.15) is 0 Å². The molecule has 0 aliphatic heterocycles. The Bertz CT molecular complexity index is 120. The Kier molecular flexibility index (Phi) is 10.9. The Labute approximate surface area is 82.9 Å². The largest absolute Gasteiger partial charge is 0.310 e. The molecule has 13 heavy (non-hydrogen) atoms. The smallest absolute Gasteiger partial charge is 0.0137 e. The lowest BCUT2D eigenvalue weighted by Gasteiger charge is -1.94. The summed E-state index contributed by atoms with van der Waals surface area (Å²) in [5.41, 5.74) is 0. The quantitative estimate of drug-likeness (QED) is 0.447. The predicted octanol–water partition coefficient (Wildman–Crippen LogP) is 3.29. The van der Waals surface area contributed by atoms with Crippen LogP contribution in [0.2, 0.25) is 0 Å². The molecule has 0 amide bonds. The van der Waals surface area contributed by atoms with Gasteiger partial charge in [0.1, 0.15) is 0 Å². The Hall–Kier alpha value is -0.560. The van der Waals surface area contributed by atoms with Crippen LogP contribution in [-0.2, 0) is 0 Å². The molecule has 0 heterocycles. The molecule has 0 aromatic heterocycles. The maximum Gasteiger partial charge on any atom is 0.0137 e. The van der Waals surface area contributed by atoms with E-state index in [1.54, 1.807) is 0 Å². The molecule has 0 radical (unpaired) electrons. The van der Waals surface area contributed by atoms with E-state index in [-0.39, 0.29) is 0 Å². The van der Waals surface area contributed by atoms with Crippen molar-refractivity contribution in [3.05, 3.63) is 24.3 Å². The van der Waals surface area contributed by atoms with Crippen LogP contribution in [0.4, 0.5) is 0 Å². The van der Waals surface area contributed by atoms with Gasteiger partial charge in [-0.25, -0.2) is 0 Å². The predicted molar refractivity (Wildman–Crippen MR) is 61.0 cm³/mol. The maximum atomic E-state index is 3.33. The van der Waals surface area contributed by atoms with Crippen LogP contribution in [0.1, 0.15) is 39.5 Å². The van der Waals surface area contributed by atoms with Gasteiger partial charge in [-0.3, -0.25) is 0 Å². The standard InChI is InChI=1S/C12H23N/c1-3-5-7-9-11-13-12-10-8-6-4-2/h7-10,13H,3-6,11-12H2,1-2H3/b9-7+,10-8+. The molecule has 0 bridgehead atoms. The highest BCUT2D eigenvalue weighted by Crippen LogP contribution is 1.88. The third kappa shape index (κ3) is 11.4. The van der Waals surface area contributed by atoms with Crippen molar-refractivity contribution in [3.63, 3.8) is 0 Å². The molecule has 0 saturated carbocycles. The fourth-order valence-corrected chi connectivity index (χ4v) is 0.986. The molecule has 0 rings (SSSR count). The van der Waals surface area contributed by atoms with Crippen LogP contribution in [0, 0.1) is 0 Å². The van der Waals surface area contributed by atoms with Gasteiger partial charge in [-0.1, -0.05) is 51.0 Å². The van der Waals surface area contributed by atoms with Crippen molar-refractivity contribution in [2.24, 2.45) is 0 Å². The van der Waals surface area contributed by atoms with Crippen molar-refractivity contribution in [1.82, 2.24) is 5.32 Å². The first-order chi connectivity index (χ1) is 6.41. The number of rotatable bonds is 8. The number of unbranched alkanes of at least 4 members (excludes halogenated alkanes) is 2. The minimum absolute atomic E-state index is 0.996. The molecule has 76 valence electrons. The van der Waals surface area contributed by atoms with Crippen molar-refractivity contribution in [2.45, 2.75) is 39.5 Å². The van der Waals surface area contributed by atoms with Crippen molar-refractivity contribution in [2.75, 3.05) is 13.1 Å². The lowest BCUT2D eigenvalue weighted by Crippen LogP contribution is -2.12. The Balaban J connectivity index is 3.07. The molecule has 0 aromatic rings. The summed E-state index contributed by atoms with van der Waals surface area (Å²) in [7, 11) is 0. The van der Waals surface area contributed by atoms with Gasteiger partial charge in [0.25, 0.3) is 0 Å². The molecular weight excluding hydrogens is 158 g/mol. The van der Waals surface area contributed by atoms with Crippen LogP contribution in [-0.4, -0.2) is 13.1 Å². The molecule has 0 fully saturated rings. The maximum absolute atomic E-state index is 3.33. The molecule has 1 N–H and O–H groups in total. The Morgan fingerprint density at radius 1 is 0.769 bits per heavy atom. The van der Waals surface area contributed by atoms with Crippen LogP contribution in [0.25, 0.3) is 0 Å². The van der Waals surface area contributed by atoms with Gasteiger partial charge in [0.15, 0.2) is 0 Å². The number of hydrogen-bond acceptors (Lipinski definition) is 1. The molecule has 0 aromatic carbocycles. The Morgan fingerprint density at radius 2 is 1.23 bits per heavy atom. The SMILES string of the molecule is CCC/C=C/CNC/C=C/CCC. The third-order valence-electron chi connectivity index (χ3n) is 1.77. The van der Waals surface area contributed by atoms with E-state index in [4.69, 9.17) is 0 Å². The molecular formula is C12H23N. The van der Waals surface area contributed by atoms with E-state index >= 15 is 0 Å². The molecule has 1 nitrogen and oxygen atoms in total. The molecule has 1 heteroatoms. The topological polar surface area (TPSA) is 12.0 Å². The van der Waals surface area contributed by atoms with E-state index in [0.717, 1.165) is 13.1 Å². The second-order valence-electron chi connectivity index (χ2n) is 3.18. The monoisotopic (exact) mass is 181 g/mol. The van der Waals surface area contributed by atoms with E-state index in [0.29, 0.717) is 0 Å². The first-order valence-electron chi connectivity index (χ1n) is 5.42. The van der Waals surface area contributed by atoms with Crippen molar-refractivity contribution >= 4 is 0 Å². The van der Waals surface area contributed by atoms with Gasteiger partial charge >= 0.3 is 0 Å². The first-order valence-corrected chi connectivity index (χ1v) is 5.42. The average Bonchev–Trinajstić information content (AvgIpc) is 2.16. The molecule has 0 spiro atoms. The zero-order valence-electron chi connectivity index (χ0n) is 9.05. The molecule has 0 aliphatic carbocycles. The summed E-state index contributed by atoms with van der Waals surface area (Å²) in [5.74, 6) is 0. The van der Waals surface area contributed by atoms with Crippen molar-refractivity contribution < 1.29 is 0 Å². The third-order valence-corrected chi connectivity index (χ3v) is 1.77. The van der Waals surface area contributed by atoms with Crippen LogP contribution >= 0.6 is 0 Å². The minimum atomic E-state index is 0.996. The van der Waals surface area contributed by atoms with E-state index in [9.17, 15) is 0 Å². The van der Waals surface area contributed by atoms with E-state index in [1.165, 1.54) is 25.7 Å². The van der Waals surface area contributed by atoms with Crippen LogP contribution in [0.5, 0.6) is 0 Å². The summed E-state index contributed by atoms with van der Waals surface area (Å²) < 4.78 is 0. The highest BCUT2D eigenvalue weighted by atomic mass is 14.8. The Morgan fingerprint density at radius 3 is 1.62 bits per heavy atom. The highest BCUT2D eigenvalue weighted by molar-refractivity contribution is 4.87. The second-order valence-corrected chi connectivity index (χ2v) is 3.18. The zero-order chi connectivity index (χ0) is 9.78. The lowest BCUT2D eigenvalue weighted by molar-refractivity contribution is 0.831. The second kappa shape index (κ2) is 11.4. The lowest BCUT2D eigenvalue weighted by atomic mass is 10.3. The fraction of sp³-hybridized carbons (Fsp3) is 0.667. The van der Waals surface area contributed by atoms with E-state index < -0.39 is 0 Å². The summed E-state index contributed by atoms with van der Waals surface area (Å²) in [5, 5.41) is 3.33. The summed E-state index contributed by atoms with van der Waals surface area (Å²) in [6.45, 7) is 6.39. The summed E-state index contributed by atoms with van der Waals surface area (Å²) in [6.07, 6.45) is 13.8. The summed E-state index contributed by atoms with van der Waals surface area (Å²) >= 11 is 0. The number of hydrogen-bond donors (Lipinski definition) is 1. The van der Waals surface area contributed by atoms with Gasteiger partial charge in [0.2, 0.25) is 0 Å². The summed E-state index contributed by atoms with van der Waals surface area (Å²) in [6, 6.07) is 0. The number of nitrogens with one attached hydrogen (secondary N) is 1. The molecule has 0 saturated heterocycles. The first kappa shape index (κ1) is 12.4.